The molecule has 3 aromatic carbocycles. The van der Waals surface area contributed by atoms with E-state index in [9.17, 15) is 9.90 Å². The number of carbonyl (C=O) groups is 1. The summed E-state index contributed by atoms with van der Waals surface area (Å²) >= 11 is 0. The van der Waals surface area contributed by atoms with Crippen LogP contribution in [0.1, 0.15) is 32.6 Å². The number of aliphatic hydroxyl groups is 1. The number of aliphatic hydroxyl groups excluding tert-OH is 1. The molecule has 0 fully saturated rings. The zero-order valence-corrected chi connectivity index (χ0v) is 15.0. The summed E-state index contributed by atoms with van der Waals surface area (Å²) in [6.45, 7) is 0.224. The van der Waals surface area contributed by atoms with E-state index in [1.54, 1.807) is 24.3 Å². The minimum atomic E-state index is -0.948. The molecule has 0 atom stereocenters. The highest BCUT2D eigenvalue weighted by Crippen LogP contribution is 2.27. The van der Waals surface area contributed by atoms with Crippen molar-refractivity contribution in [1.29, 1.82) is 0 Å². The lowest BCUT2D eigenvalue weighted by atomic mass is 10.0. The fraction of sp³-hybridized carbons (Fsp3) is 0.174. The van der Waals surface area contributed by atoms with E-state index in [1.165, 1.54) is 5.56 Å². The molecule has 0 amide bonds. The van der Waals surface area contributed by atoms with Gasteiger partial charge in [0.2, 0.25) is 0 Å². The van der Waals surface area contributed by atoms with Crippen molar-refractivity contribution in [1.82, 2.24) is 0 Å². The predicted molar refractivity (Wildman–Crippen MR) is 104 cm³/mol. The van der Waals surface area contributed by atoms with Crippen LogP contribution >= 0.6 is 0 Å². The average molecular weight is 362 g/mol. The van der Waals surface area contributed by atoms with Crippen LogP contribution in [0.25, 0.3) is 0 Å². The van der Waals surface area contributed by atoms with Gasteiger partial charge in [-0.15, -0.1) is 0 Å². The molecule has 2 N–H and O–H groups in total. The Balaban J connectivity index is 1.73. The van der Waals surface area contributed by atoms with Gasteiger partial charge in [-0.2, -0.15) is 0 Å². The zero-order chi connectivity index (χ0) is 19.1. The molecular weight excluding hydrogens is 340 g/mol. The number of ether oxygens (including phenoxy) is 1. The maximum Gasteiger partial charge on any atom is 0.335 e. The summed E-state index contributed by atoms with van der Waals surface area (Å²) in [4.78, 5) is 10.9. The predicted octanol–water partition coefficient (Wildman–Crippen LogP) is 4.24. The first-order valence-electron chi connectivity index (χ1n) is 8.88. The molecule has 3 aromatic rings. The van der Waals surface area contributed by atoms with Crippen molar-refractivity contribution in [2.75, 3.05) is 0 Å². The molecule has 0 aliphatic carbocycles. The highest BCUT2D eigenvalue weighted by Gasteiger charge is 2.10. The summed E-state index contributed by atoms with van der Waals surface area (Å²) in [5.74, 6) is -0.241. The number of rotatable bonds is 8. The van der Waals surface area contributed by atoms with E-state index in [-0.39, 0.29) is 12.2 Å². The fourth-order valence-corrected chi connectivity index (χ4v) is 2.97. The minimum absolute atomic E-state index is 0.0908. The summed E-state index contributed by atoms with van der Waals surface area (Å²) in [7, 11) is 0. The van der Waals surface area contributed by atoms with Gasteiger partial charge < -0.3 is 14.9 Å². The Morgan fingerprint density at radius 1 is 0.778 bits per heavy atom. The molecule has 27 heavy (non-hydrogen) atoms. The second-order valence-corrected chi connectivity index (χ2v) is 6.34. The third kappa shape index (κ3) is 4.96. The first-order valence-corrected chi connectivity index (χ1v) is 8.88. The van der Waals surface area contributed by atoms with E-state index in [2.05, 4.69) is 12.1 Å². The summed E-state index contributed by atoms with van der Waals surface area (Å²) in [6.07, 6.45) is 1.70. The smallest absolute Gasteiger partial charge is 0.335 e. The summed E-state index contributed by atoms with van der Waals surface area (Å²) in [5, 5.41) is 18.7. The van der Waals surface area contributed by atoms with Crippen LogP contribution in [0, 0.1) is 0 Å². The molecule has 0 bridgehead atoms. The Kier molecular flexibility index (Phi) is 6.23. The molecule has 4 nitrogen and oxygen atoms in total. The monoisotopic (exact) mass is 362 g/mol. The summed E-state index contributed by atoms with van der Waals surface area (Å²) < 4.78 is 6.03. The molecule has 0 saturated heterocycles. The molecule has 0 spiro atoms. The van der Waals surface area contributed by atoms with Gasteiger partial charge >= 0.3 is 5.97 Å². The van der Waals surface area contributed by atoms with E-state index in [1.807, 2.05) is 36.4 Å². The SMILES string of the molecule is O=C(O)c1ccc(COc2c(CO)cccc2CCc2ccccc2)cc1. The van der Waals surface area contributed by atoms with Crippen molar-refractivity contribution >= 4 is 5.97 Å². The van der Waals surface area contributed by atoms with E-state index in [4.69, 9.17) is 9.84 Å². The number of hydrogen-bond donors (Lipinski definition) is 2. The summed E-state index contributed by atoms with van der Waals surface area (Å²) in [5.41, 5.74) is 4.18. The molecule has 0 heterocycles. The van der Waals surface area contributed by atoms with Gasteiger partial charge in [0.1, 0.15) is 12.4 Å². The number of hydrogen-bond acceptors (Lipinski definition) is 3. The Bertz CT molecular complexity index is 886. The Labute approximate surface area is 158 Å². The molecule has 0 aliphatic heterocycles. The number of aromatic carboxylic acids is 1. The van der Waals surface area contributed by atoms with E-state index < -0.39 is 5.97 Å². The third-order valence-electron chi connectivity index (χ3n) is 4.46. The first kappa shape index (κ1) is 18.7. The van der Waals surface area contributed by atoms with Gasteiger partial charge in [0.05, 0.1) is 12.2 Å². The van der Waals surface area contributed by atoms with Crippen LogP contribution in [0.3, 0.4) is 0 Å². The van der Waals surface area contributed by atoms with Crippen LogP contribution in [0.2, 0.25) is 0 Å². The van der Waals surface area contributed by atoms with Crippen LogP contribution in [0.15, 0.2) is 72.8 Å². The van der Waals surface area contributed by atoms with Crippen LogP contribution in [0.4, 0.5) is 0 Å². The maximum atomic E-state index is 10.9. The van der Waals surface area contributed by atoms with E-state index in [0.717, 1.165) is 29.5 Å². The molecule has 138 valence electrons. The number of carboxylic acids is 1. The number of para-hydroxylation sites is 1. The van der Waals surface area contributed by atoms with Gasteiger partial charge in [-0.3, -0.25) is 0 Å². The lowest BCUT2D eigenvalue weighted by molar-refractivity contribution is 0.0697. The highest BCUT2D eigenvalue weighted by atomic mass is 16.5. The van der Waals surface area contributed by atoms with E-state index >= 15 is 0 Å². The standard InChI is InChI=1S/C23H22O4/c24-15-21-8-4-7-19(12-9-17-5-2-1-3-6-17)22(21)27-16-18-10-13-20(14-11-18)23(25)26/h1-8,10-11,13-14,24H,9,12,15-16H2,(H,25,26). The fourth-order valence-electron chi connectivity index (χ4n) is 2.97. The molecule has 0 aromatic heterocycles. The topological polar surface area (TPSA) is 66.8 Å². The number of benzene rings is 3. The quantitative estimate of drug-likeness (QED) is 0.629. The third-order valence-corrected chi connectivity index (χ3v) is 4.46. The Hall–Kier alpha value is -3.11. The van der Waals surface area contributed by atoms with Crippen molar-refractivity contribution in [2.24, 2.45) is 0 Å². The van der Waals surface area contributed by atoms with Crippen LogP contribution in [0.5, 0.6) is 5.75 Å². The second-order valence-electron chi connectivity index (χ2n) is 6.34. The Morgan fingerprint density at radius 3 is 2.15 bits per heavy atom. The van der Waals surface area contributed by atoms with Gasteiger partial charge in [-0.05, 0) is 41.7 Å². The zero-order valence-electron chi connectivity index (χ0n) is 15.0. The molecular formula is C23H22O4. The average Bonchev–Trinajstić information content (AvgIpc) is 2.71. The Morgan fingerprint density at radius 2 is 1.48 bits per heavy atom. The van der Waals surface area contributed by atoms with Crippen LogP contribution in [-0.2, 0) is 26.1 Å². The molecule has 0 unspecified atom stereocenters. The lowest BCUT2D eigenvalue weighted by Crippen LogP contribution is -2.04. The molecule has 3 rings (SSSR count). The first-order chi connectivity index (χ1) is 13.2. The molecule has 0 radical (unpaired) electrons. The van der Waals surface area contributed by atoms with E-state index in [0.29, 0.717) is 12.4 Å². The molecule has 4 heteroatoms. The maximum absolute atomic E-state index is 10.9. The molecule has 0 aliphatic rings. The lowest BCUT2D eigenvalue weighted by Gasteiger charge is -2.15. The second kappa shape index (κ2) is 9.01. The van der Waals surface area contributed by atoms with Crippen molar-refractivity contribution in [2.45, 2.75) is 26.1 Å². The van der Waals surface area contributed by atoms with Gasteiger partial charge in [0, 0.05) is 5.56 Å². The number of aryl methyl sites for hydroxylation is 2. The van der Waals surface area contributed by atoms with Gasteiger partial charge in [0.15, 0.2) is 0 Å². The summed E-state index contributed by atoms with van der Waals surface area (Å²) in [6, 6.07) is 22.7. The normalized spacial score (nSPS) is 10.6. The largest absolute Gasteiger partial charge is 0.488 e. The van der Waals surface area contributed by atoms with Gasteiger partial charge in [-0.1, -0.05) is 60.7 Å². The highest BCUT2D eigenvalue weighted by molar-refractivity contribution is 5.87. The van der Waals surface area contributed by atoms with Crippen LogP contribution < -0.4 is 4.74 Å². The molecule has 0 saturated carbocycles. The van der Waals surface area contributed by atoms with Crippen molar-refractivity contribution in [3.8, 4) is 5.75 Å². The van der Waals surface area contributed by atoms with Crippen molar-refractivity contribution in [3.05, 3.63) is 101 Å². The van der Waals surface area contributed by atoms with Gasteiger partial charge in [0.25, 0.3) is 0 Å². The minimum Gasteiger partial charge on any atom is -0.488 e. The van der Waals surface area contributed by atoms with Crippen molar-refractivity contribution < 1.29 is 19.7 Å². The van der Waals surface area contributed by atoms with Crippen molar-refractivity contribution in [3.63, 3.8) is 0 Å². The number of carboxylic acid groups (broad SMARTS) is 1. The van der Waals surface area contributed by atoms with Gasteiger partial charge in [-0.25, -0.2) is 4.79 Å². The van der Waals surface area contributed by atoms with Crippen LogP contribution in [-0.4, -0.2) is 16.2 Å².